The third kappa shape index (κ3) is 4.38. The van der Waals surface area contributed by atoms with Crippen molar-refractivity contribution < 1.29 is 9.53 Å². The van der Waals surface area contributed by atoms with E-state index in [4.69, 9.17) is 16.3 Å². The number of rotatable bonds is 6. The highest BCUT2D eigenvalue weighted by molar-refractivity contribution is 6.30. The summed E-state index contributed by atoms with van der Waals surface area (Å²) >= 11 is 6.04. The number of hydrogen-bond donors (Lipinski definition) is 1. The fourth-order valence-corrected chi connectivity index (χ4v) is 3.02. The molecule has 6 nitrogen and oxygen atoms in total. The first-order valence-corrected chi connectivity index (χ1v) is 9.67. The maximum Gasteiger partial charge on any atom is 0.255 e. The van der Waals surface area contributed by atoms with Gasteiger partial charge in [-0.15, -0.1) is 10.2 Å². The maximum atomic E-state index is 12.5. The molecule has 0 radical (unpaired) electrons. The van der Waals surface area contributed by atoms with Crippen LogP contribution in [-0.2, 0) is 0 Å². The van der Waals surface area contributed by atoms with Crippen molar-refractivity contribution in [3.8, 4) is 11.4 Å². The summed E-state index contributed by atoms with van der Waals surface area (Å²) in [5, 5.41) is 12.4. The number of carbonyl (C=O) groups excluding carboxylic acids is 1. The van der Waals surface area contributed by atoms with E-state index in [1.165, 1.54) is 4.80 Å². The first-order chi connectivity index (χ1) is 14.1. The van der Waals surface area contributed by atoms with Crippen LogP contribution >= 0.6 is 11.6 Å². The molecule has 0 saturated carbocycles. The van der Waals surface area contributed by atoms with Gasteiger partial charge < -0.3 is 10.1 Å². The summed E-state index contributed by atoms with van der Waals surface area (Å²) in [6, 6.07) is 19.8. The minimum absolute atomic E-state index is 0.200. The highest BCUT2D eigenvalue weighted by Crippen LogP contribution is 2.20. The number of nitrogens with zero attached hydrogens (tertiary/aromatic N) is 3. The lowest BCUT2D eigenvalue weighted by atomic mass is 10.2. The van der Waals surface area contributed by atoms with E-state index in [1.807, 2.05) is 25.1 Å². The fraction of sp³-hybridized carbons (Fsp3) is 0.136. The van der Waals surface area contributed by atoms with Gasteiger partial charge in [0, 0.05) is 16.3 Å². The highest BCUT2D eigenvalue weighted by Gasteiger charge is 2.10. The van der Waals surface area contributed by atoms with Gasteiger partial charge in [-0.1, -0.05) is 24.6 Å². The van der Waals surface area contributed by atoms with Crippen molar-refractivity contribution >= 4 is 34.2 Å². The number of carbonyl (C=O) groups is 1. The summed E-state index contributed by atoms with van der Waals surface area (Å²) in [4.78, 5) is 14.1. The molecule has 4 rings (SSSR count). The zero-order chi connectivity index (χ0) is 20.2. The lowest BCUT2D eigenvalue weighted by molar-refractivity contribution is 0.102. The summed E-state index contributed by atoms with van der Waals surface area (Å²) < 4.78 is 5.55. The van der Waals surface area contributed by atoms with Gasteiger partial charge >= 0.3 is 0 Å². The Balaban J connectivity index is 1.51. The number of halogens is 1. The number of nitrogens with one attached hydrogen (secondary N) is 1. The Morgan fingerprint density at radius 3 is 2.59 bits per heavy atom. The molecule has 0 spiro atoms. The second-order valence-corrected chi connectivity index (χ2v) is 6.94. The topological polar surface area (TPSA) is 69.0 Å². The maximum absolute atomic E-state index is 12.5. The molecule has 1 amide bonds. The van der Waals surface area contributed by atoms with Crippen LogP contribution in [0.1, 0.15) is 23.7 Å². The van der Waals surface area contributed by atoms with Gasteiger partial charge in [0.05, 0.1) is 12.3 Å². The van der Waals surface area contributed by atoms with Crippen LogP contribution in [0.2, 0.25) is 5.02 Å². The molecule has 0 bridgehead atoms. The van der Waals surface area contributed by atoms with Crippen LogP contribution in [-0.4, -0.2) is 27.5 Å². The number of anilines is 1. The highest BCUT2D eigenvalue weighted by atomic mass is 35.5. The van der Waals surface area contributed by atoms with Gasteiger partial charge in [-0.25, -0.2) is 0 Å². The van der Waals surface area contributed by atoms with Crippen molar-refractivity contribution in [2.75, 3.05) is 11.9 Å². The van der Waals surface area contributed by atoms with Gasteiger partial charge in [-0.3, -0.25) is 4.79 Å². The number of hydrogen-bond acceptors (Lipinski definition) is 4. The van der Waals surface area contributed by atoms with Crippen LogP contribution in [0.4, 0.5) is 5.69 Å². The normalized spacial score (nSPS) is 10.8. The standard InChI is InChI=1S/C22H19ClN4O2/c1-2-12-29-19-9-6-15(7-10-19)22(28)24-17-8-11-20-21(14-17)26-27(25-20)18-5-3-4-16(23)13-18/h3-11,13-14H,2,12H2,1H3,(H,24,28). The van der Waals surface area contributed by atoms with Gasteiger partial charge in [0.1, 0.15) is 16.8 Å². The summed E-state index contributed by atoms with van der Waals surface area (Å²) in [5.41, 5.74) is 3.36. The Morgan fingerprint density at radius 2 is 1.83 bits per heavy atom. The van der Waals surface area contributed by atoms with E-state index in [1.54, 1.807) is 48.5 Å². The van der Waals surface area contributed by atoms with Gasteiger partial charge in [-0.05, 0) is 67.1 Å². The molecule has 0 saturated heterocycles. The molecule has 1 N–H and O–H groups in total. The number of amides is 1. The molecule has 0 aliphatic carbocycles. The van der Waals surface area contributed by atoms with E-state index in [0.717, 1.165) is 23.4 Å². The monoisotopic (exact) mass is 406 g/mol. The van der Waals surface area contributed by atoms with Gasteiger partial charge in [0.2, 0.25) is 0 Å². The second kappa shape index (κ2) is 8.32. The number of aromatic nitrogens is 3. The molecule has 0 fully saturated rings. The van der Waals surface area contributed by atoms with Gasteiger partial charge in [0.15, 0.2) is 0 Å². The minimum Gasteiger partial charge on any atom is -0.494 e. The lowest BCUT2D eigenvalue weighted by Crippen LogP contribution is -2.11. The first kappa shape index (κ1) is 19.0. The average molecular weight is 407 g/mol. The SMILES string of the molecule is CCCOc1ccc(C(=O)Nc2ccc3nn(-c4cccc(Cl)c4)nc3c2)cc1. The molecular weight excluding hydrogens is 388 g/mol. The smallest absolute Gasteiger partial charge is 0.255 e. The quantitative estimate of drug-likeness (QED) is 0.482. The van der Waals surface area contributed by atoms with Crippen LogP contribution in [0.5, 0.6) is 5.75 Å². The van der Waals surface area contributed by atoms with Crippen molar-refractivity contribution in [3.63, 3.8) is 0 Å². The molecular formula is C22H19ClN4O2. The van der Waals surface area contributed by atoms with E-state index >= 15 is 0 Å². The Hall–Kier alpha value is -3.38. The van der Waals surface area contributed by atoms with Crippen molar-refractivity contribution in [2.45, 2.75) is 13.3 Å². The van der Waals surface area contributed by atoms with Crippen molar-refractivity contribution in [2.24, 2.45) is 0 Å². The molecule has 0 aliphatic heterocycles. The average Bonchev–Trinajstić information content (AvgIpc) is 3.16. The number of ether oxygens (including phenoxy) is 1. The second-order valence-electron chi connectivity index (χ2n) is 6.50. The zero-order valence-electron chi connectivity index (χ0n) is 15.8. The van der Waals surface area contributed by atoms with Crippen LogP contribution in [0.3, 0.4) is 0 Å². The van der Waals surface area contributed by atoms with E-state index in [9.17, 15) is 4.79 Å². The molecule has 0 aliphatic rings. The van der Waals surface area contributed by atoms with Gasteiger partial charge in [0.25, 0.3) is 5.91 Å². The lowest BCUT2D eigenvalue weighted by Gasteiger charge is -2.07. The van der Waals surface area contributed by atoms with Gasteiger partial charge in [-0.2, -0.15) is 4.80 Å². The third-order valence-electron chi connectivity index (χ3n) is 4.27. The molecule has 29 heavy (non-hydrogen) atoms. The van der Waals surface area contributed by atoms with Crippen molar-refractivity contribution in [3.05, 3.63) is 77.3 Å². The molecule has 1 aromatic heterocycles. The molecule has 4 aromatic rings. The Kier molecular flexibility index (Phi) is 5.44. The van der Waals surface area contributed by atoms with Crippen LogP contribution < -0.4 is 10.1 Å². The predicted molar refractivity (Wildman–Crippen MR) is 114 cm³/mol. The molecule has 146 valence electrons. The summed E-state index contributed by atoms with van der Waals surface area (Å²) in [6.07, 6.45) is 0.937. The molecule has 1 heterocycles. The first-order valence-electron chi connectivity index (χ1n) is 9.29. The van der Waals surface area contributed by atoms with E-state index < -0.39 is 0 Å². The molecule has 7 heteroatoms. The molecule has 3 aromatic carbocycles. The zero-order valence-corrected chi connectivity index (χ0v) is 16.6. The summed E-state index contributed by atoms with van der Waals surface area (Å²) in [7, 11) is 0. The fourth-order valence-electron chi connectivity index (χ4n) is 2.83. The van der Waals surface area contributed by atoms with Crippen LogP contribution in [0, 0.1) is 0 Å². The Labute approximate surface area is 173 Å². The van der Waals surface area contributed by atoms with E-state index in [2.05, 4.69) is 15.5 Å². The summed E-state index contributed by atoms with van der Waals surface area (Å²) in [5.74, 6) is 0.552. The molecule has 0 atom stereocenters. The minimum atomic E-state index is -0.200. The largest absolute Gasteiger partial charge is 0.494 e. The van der Waals surface area contributed by atoms with Crippen LogP contribution in [0.15, 0.2) is 66.7 Å². The Morgan fingerprint density at radius 1 is 1.03 bits per heavy atom. The van der Waals surface area contributed by atoms with Crippen molar-refractivity contribution in [1.82, 2.24) is 15.0 Å². The van der Waals surface area contributed by atoms with E-state index in [-0.39, 0.29) is 5.91 Å². The Bertz CT molecular complexity index is 1160. The number of benzene rings is 3. The third-order valence-corrected chi connectivity index (χ3v) is 4.50. The van der Waals surface area contributed by atoms with Crippen molar-refractivity contribution in [1.29, 1.82) is 0 Å². The number of fused-ring (bicyclic) bond motifs is 1. The summed E-state index contributed by atoms with van der Waals surface area (Å²) in [6.45, 7) is 2.70. The predicted octanol–water partition coefficient (Wildman–Crippen LogP) is 5.12. The van der Waals surface area contributed by atoms with E-state index in [0.29, 0.717) is 28.4 Å². The van der Waals surface area contributed by atoms with Crippen LogP contribution in [0.25, 0.3) is 16.7 Å². The molecule has 0 unspecified atom stereocenters.